The van der Waals surface area contributed by atoms with Gasteiger partial charge >= 0.3 is 6.01 Å². The minimum Gasteiger partial charge on any atom is -0.471 e. The Morgan fingerprint density at radius 1 is 0.919 bits per heavy atom. The highest BCUT2D eigenvalue weighted by Gasteiger charge is 2.29. The Kier molecular flexibility index (Phi) is 6.94. The van der Waals surface area contributed by atoms with Crippen LogP contribution in [0.5, 0.6) is 17.8 Å². The summed E-state index contributed by atoms with van der Waals surface area (Å²) in [6, 6.07) is 6.50. The van der Waals surface area contributed by atoms with E-state index in [1.54, 1.807) is 25.2 Å². The molecular weight excluding hydrogens is 484 g/mol. The molecule has 0 spiro atoms. The van der Waals surface area contributed by atoms with Crippen LogP contribution in [0.25, 0.3) is 22.3 Å². The molecule has 0 fully saturated rings. The molecule has 0 amide bonds. The van der Waals surface area contributed by atoms with Crippen molar-refractivity contribution in [2.75, 3.05) is 0 Å². The fraction of sp³-hybridized carbons (Fsp3) is 0.440. The average Bonchev–Trinajstić information content (AvgIpc) is 3.10. The lowest BCUT2D eigenvalue weighted by Crippen LogP contribution is -2.26. The number of fused-ring (bicyclic) bond motifs is 1. The molecule has 4 rings (SSSR count). The monoisotopic (exact) mass is 513 g/mol. The second kappa shape index (κ2) is 9.83. The van der Waals surface area contributed by atoms with Crippen molar-refractivity contribution in [1.82, 2.24) is 34.9 Å². The number of rotatable bonds is 7. The maximum absolute atomic E-state index is 13.9. The Balaban J connectivity index is 1.78. The van der Waals surface area contributed by atoms with E-state index in [1.807, 2.05) is 41.5 Å². The molecule has 0 saturated carbocycles. The van der Waals surface area contributed by atoms with E-state index in [1.165, 1.54) is 23.1 Å². The van der Waals surface area contributed by atoms with E-state index in [-0.39, 0.29) is 23.5 Å². The standard InChI is InChI=1S/C25H29F2N7O3/c1-24(2,3)36-21-15(13-29-23(30-21)37-25(4,5)6)17-12-14-20(32-31-17)34(7)33-22(14)35-18(19(26)27)16-10-8-9-11-28-16/h8-13,18-19H,1-7H3. The van der Waals surface area contributed by atoms with Crippen LogP contribution < -0.4 is 14.2 Å². The number of hydrogen-bond donors (Lipinski definition) is 0. The first-order valence-corrected chi connectivity index (χ1v) is 11.6. The summed E-state index contributed by atoms with van der Waals surface area (Å²) >= 11 is 0. The van der Waals surface area contributed by atoms with E-state index in [2.05, 4.69) is 30.2 Å². The summed E-state index contributed by atoms with van der Waals surface area (Å²) in [5.74, 6) is 0.206. The lowest BCUT2D eigenvalue weighted by molar-refractivity contribution is 0.00611. The number of pyridine rings is 1. The highest BCUT2D eigenvalue weighted by atomic mass is 19.3. The van der Waals surface area contributed by atoms with Crippen molar-refractivity contribution in [2.45, 2.75) is 65.3 Å². The van der Waals surface area contributed by atoms with Crippen LogP contribution in [-0.4, -0.2) is 52.6 Å². The quantitative estimate of drug-likeness (QED) is 0.339. The molecule has 4 aromatic heterocycles. The molecule has 37 heavy (non-hydrogen) atoms. The summed E-state index contributed by atoms with van der Waals surface area (Å²) in [6.45, 7) is 11.3. The van der Waals surface area contributed by atoms with Crippen molar-refractivity contribution >= 4 is 11.0 Å². The predicted octanol–water partition coefficient (Wildman–Crippen LogP) is 4.96. The largest absolute Gasteiger partial charge is 0.471 e. The van der Waals surface area contributed by atoms with E-state index < -0.39 is 23.7 Å². The SMILES string of the molecule is Cn1nc(OC(c2ccccn2)C(F)F)c2cc(-c3cnc(OC(C)(C)C)nc3OC(C)(C)C)nnc21. The highest BCUT2D eigenvalue weighted by Crippen LogP contribution is 2.35. The smallest absolute Gasteiger partial charge is 0.320 e. The van der Waals surface area contributed by atoms with Gasteiger partial charge in [-0.1, -0.05) is 6.07 Å². The van der Waals surface area contributed by atoms with Gasteiger partial charge < -0.3 is 14.2 Å². The number of aromatic nitrogens is 7. The van der Waals surface area contributed by atoms with E-state index >= 15 is 0 Å². The van der Waals surface area contributed by atoms with Gasteiger partial charge in [0.2, 0.25) is 17.9 Å². The van der Waals surface area contributed by atoms with Crippen molar-refractivity contribution < 1.29 is 23.0 Å². The van der Waals surface area contributed by atoms with Gasteiger partial charge in [0.05, 0.1) is 16.6 Å². The molecule has 0 aliphatic heterocycles. The molecule has 196 valence electrons. The number of nitrogens with zero attached hydrogens (tertiary/aromatic N) is 7. The zero-order valence-electron chi connectivity index (χ0n) is 21.7. The van der Waals surface area contributed by atoms with Crippen LogP contribution in [0.15, 0.2) is 36.7 Å². The second-order valence-electron chi connectivity index (χ2n) is 10.3. The Bertz CT molecular complexity index is 1380. The van der Waals surface area contributed by atoms with Crippen LogP contribution >= 0.6 is 0 Å². The van der Waals surface area contributed by atoms with Crippen LogP contribution in [0.1, 0.15) is 53.3 Å². The van der Waals surface area contributed by atoms with Gasteiger partial charge in [-0.05, 0) is 59.7 Å². The van der Waals surface area contributed by atoms with E-state index in [4.69, 9.17) is 14.2 Å². The molecule has 0 radical (unpaired) electrons. The lowest BCUT2D eigenvalue weighted by atomic mass is 10.1. The Hall–Kier alpha value is -3.96. The van der Waals surface area contributed by atoms with Gasteiger partial charge in [0, 0.05) is 19.4 Å². The fourth-order valence-corrected chi connectivity index (χ4v) is 3.36. The normalized spacial score (nSPS) is 13.1. The Morgan fingerprint density at radius 3 is 2.27 bits per heavy atom. The van der Waals surface area contributed by atoms with Crippen molar-refractivity contribution in [2.24, 2.45) is 7.05 Å². The van der Waals surface area contributed by atoms with Gasteiger partial charge in [0.25, 0.3) is 6.43 Å². The van der Waals surface area contributed by atoms with E-state index in [0.29, 0.717) is 22.3 Å². The average molecular weight is 514 g/mol. The zero-order chi connectivity index (χ0) is 27.0. The Morgan fingerprint density at radius 2 is 1.65 bits per heavy atom. The maximum atomic E-state index is 13.9. The van der Waals surface area contributed by atoms with Crippen LogP contribution in [0.4, 0.5) is 8.78 Å². The first-order valence-electron chi connectivity index (χ1n) is 11.6. The number of hydrogen-bond acceptors (Lipinski definition) is 9. The third-order valence-corrected chi connectivity index (χ3v) is 4.81. The first-order chi connectivity index (χ1) is 17.3. The number of ether oxygens (including phenoxy) is 3. The van der Waals surface area contributed by atoms with Gasteiger partial charge in [0.1, 0.15) is 16.9 Å². The van der Waals surface area contributed by atoms with E-state index in [9.17, 15) is 8.78 Å². The summed E-state index contributed by atoms with van der Waals surface area (Å²) in [4.78, 5) is 12.8. The van der Waals surface area contributed by atoms with Crippen molar-refractivity contribution in [1.29, 1.82) is 0 Å². The number of halogens is 2. The number of aryl methyl sites for hydroxylation is 1. The van der Waals surface area contributed by atoms with Gasteiger partial charge in [-0.3, -0.25) is 4.98 Å². The number of alkyl halides is 2. The summed E-state index contributed by atoms with van der Waals surface area (Å²) in [5.41, 5.74) is 0.113. The minimum absolute atomic E-state index is 0.0310. The molecule has 10 nitrogen and oxygen atoms in total. The summed E-state index contributed by atoms with van der Waals surface area (Å²) in [6.07, 6.45) is -1.50. The van der Waals surface area contributed by atoms with Crippen LogP contribution in [0.3, 0.4) is 0 Å². The van der Waals surface area contributed by atoms with Crippen LogP contribution in [0.2, 0.25) is 0 Å². The van der Waals surface area contributed by atoms with Crippen molar-refractivity contribution in [3.63, 3.8) is 0 Å². The Labute approximate surface area is 213 Å². The molecule has 0 aromatic carbocycles. The predicted molar refractivity (Wildman–Crippen MR) is 132 cm³/mol. The molecule has 1 atom stereocenters. The molecule has 1 unspecified atom stereocenters. The summed E-state index contributed by atoms with van der Waals surface area (Å²) in [5, 5.41) is 13.2. The summed E-state index contributed by atoms with van der Waals surface area (Å²) < 4.78 is 46.8. The maximum Gasteiger partial charge on any atom is 0.320 e. The van der Waals surface area contributed by atoms with Gasteiger partial charge in [-0.2, -0.15) is 4.98 Å². The molecule has 0 N–H and O–H groups in total. The van der Waals surface area contributed by atoms with Gasteiger partial charge in [-0.25, -0.2) is 18.4 Å². The lowest BCUT2D eigenvalue weighted by Gasteiger charge is -2.24. The first kappa shape index (κ1) is 26.1. The second-order valence-corrected chi connectivity index (χ2v) is 10.3. The molecule has 0 aliphatic rings. The topological polar surface area (TPSA) is 110 Å². The molecule has 0 bridgehead atoms. The minimum atomic E-state index is -2.84. The molecule has 4 aromatic rings. The van der Waals surface area contributed by atoms with Crippen molar-refractivity contribution in [3.05, 3.63) is 42.4 Å². The third-order valence-electron chi connectivity index (χ3n) is 4.81. The fourth-order valence-electron chi connectivity index (χ4n) is 3.36. The van der Waals surface area contributed by atoms with Crippen molar-refractivity contribution in [3.8, 4) is 29.0 Å². The summed E-state index contributed by atoms with van der Waals surface area (Å²) in [7, 11) is 1.62. The highest BCUT2D eigenvalue weighted by molar-refractivity contribution is 5.85. The van der Waals surface area contributed by atoms with Gasteiger partial charge in [-0.15, -0.1) is 15.3 Å². The third kappa shape index (κ3) is 6.25. The van der Waals surface area contributed by atoms with Gasteiger partial charge in [0.15, 0.2) is 5.65 Å². The molecule has 0 saturated heterocycles. The molecule has 0 aliphatic carbocycles. The molecular formula is C25H29F2N7O3. The van der Waals surface area contributed by atoms with E-state index in [0.717, 1.165) is 0 Å². The zero-order valence-corrected chi connectivity index (χ0v) is 21.7. The molecule has 12 heteroatoms. The molecule has 4 heterocycles. The van der Waals surface area contributed by atoms with Crippen LogP contribution in [0, 0.1) is 0 Å². The van der Waals surface area contributed by atoms with Crippen LogP contribution in [-0.2, 0) is 7.05 Å².